The Kier molecular flexibility index (Phi) is 8.20. The van der Waals surface area contributed by atoms with Crippen LogP contribution < -0.4 is 4.90 Å². The summed E-state index contributed by atoms with van der Waals surface area (Å²) in [6.45, 7) is 2.43. The second-order valence-corrected chi connectivity index (χ2v) is 17.7. The summed E-state index contributed by atoms with van der Waals surface area (Å²) in [5.41, 5.74) is 22.5. The molecule has 9 aromatic carbocycles. The van der Waals surface area contributed by atoms with Crippen LogP contribution >= 0.6 is 0 Å². The molecule has 0 bridgehead atoms. The van der Waals surface area contributed by atoms with Gasteiger partial charge in [0.25, 0.3) is 0 Å². The molecule has 0 N–H and O–H groups in total. The molecule has 0 radical (unpaired) electrons. The van der Waals surface area contributed by atoms with Gasteiger partial charge in [-0.2, -0.15) is 0 Å². The van der Waals surface area contributed by atoms with Crippen LogP contribution in [0, 0.1) is 5.92 Å². The summed E-state index contributed by atoms with van der Waals surface area (Å²) in [5, 5.41) is 2.51. The summed E-state index contributed by atoms with van der Waals surface area (Å²) >= 11 is 0. The number of allylic oxidation sites excluding steroid dienone is 4. The highest BCUT2D eigenvalue weighted by Crippen LogP contribution is 2.65. The molecule has 0 aliphatic heterocycles. The first-order chi connectivity index (χ1) is 31.7. The molecule has 0 fully saturated rings. The highest BCUT2D eigenvalue weighted by molar-refractivity contribution is 6.10. The van der Waals surface area contributed by atoms with Crippen LogP contribution in [0.5, 0.6) is 0 Å². The van der Waals surface area contributed by atoms with Gasteiger partial charge in [0.15, 0.2) is 0 Å². The summed E-state index contributed by atoms with van der Waals surface area (Å²) in [6.07, 6.45) is 5.82. The van der Waals surface area contributed by atoms with Gasteiger partial charge in [-0.3, -0.25) is 0 Å². The van der Waals surface area contributed by atoms with Gasteiger partial charge in [-0.1, -0.05) is 171 Å². The zero-order valence-corrected chi connectivity index (χ0v) is 35.6. The van der Waals surface area contributed by atoms with Gasteiger partial charge in [-0.05, 0) is 146 Å². The van der Waals surface area contributed by atoms with Crippen LogP contribution in [0.4, 0.5) is 17.1 Å². The molecule has 2 nitrogen and oxygen atoms in total. The highest BCUT2D eigenvalue weighted by Gasteiger charge is 2.54. The lowest BCUT2D eigenvalue weighted by molar-refractivity contribution is 0.591. The largest absolute Gasteiger partial charge is 0.310 e. The number of benzene rings is 9. The first kappa shape index (κ1) is 36.7. The zero-order valence-electron chi connectivity index (χ0n) is 35.6. The molecule has 2 heteroatoms. The van der Waals surface area contributed by atoms with Gasteiger partial charge in [0.1, 0.15) is 0 Å². The van der Waals surface area contributed by atoms with E-state index in [1.807, 2.05) is 0 Å². The van der Waals surface area contributed by atoms with Gasteiger partial charge < -0.3 is 9.47 Å². The molecular weight excluding hydrogens is 773 g/mol. The first-order valence-electron chi connectivity index (χ1n) is 22.6. The lowest BCUT2D eigenvalue weighted by atomic mass is 9.65. The SMILES string of the molecule is CC1CC=CC2=C1C1(c3ccccc32)c2ccccc2-c2ccc(N(c3ccc(-c4ccccc4)cc3)c3ccc(-c4ccc5c(c4)c4ccccc4n5-c4ccccc4)cc3)cc21. The first-order valence-corrected chi connectivity index (χ1v) is 22.6. The lowest BCUT2D eigenvalue weighted by Crippen LogP contribution is -2.31. The Labute approximate surface area is 374 Å². The second-order valence-electron chi connectivity index (χ2n) is 17.7. The molecule has 0 amide bonds. The topological polar surface area (TPSA) is 8.17 Å². The van der Waals surface area contributed by atoms with E-state index in [9.17, 15) is 0 Å². The number of anilines is 3. The van der Waals surface area contributed by atoms with Crippen LogP contribution in [-0.4, -0.2) is 4.57 Å². The Hall–Kier alpha value is -7.94. The summed E-state index contributed by atoms with van der Waals surface area (Å²) in [7, 11) is 0. The van der Waals surface area contributed by atoms with E-state index in [1.54, 1.807) is 0 Å². The van der Waals surface area contributed by atoms with E-state index in [0.717, 1.165) is 23.5 Å². The van der Waals surface area contributed by atoms with Crippen molar-refractivity contribution in [3.05, 3.63) is 258 Å². The summed E-state index contributed by atoms with van der Waals surface area (Å²) < 4.78 is 2.38. The maximum Gasteiger partial charge on any atom is 0.0691 e. The van der Waals surface area contributed by atoms with Crippen molar-refractivity contribution in [3.63, 3.8) is 0 Å². The standard InChI is InChI=1S/C62H44N2/c1-41-15-14-23-54-51-21-9-12-25-57(51)62(61(41)54)56-24-11-8-20-50(56)52-37-36-49(40-58(52)62)63(47-32-27-43(28-33-47)42-16-4-2-5-17-42)48-34-29-44(30-35-48)45-31-38-60-55(39-45)53-22-10-13-26-59(53)64(60)46-18-6-3-7-19-46/h2-14,16-41H,15H2,1H3. The van der Waals surface area contributed by atoms with Gasteiger partial charge in [0, 0.05) is 33.5 Å². The van der Waals surface area contributed by atoms with E-state index < -0.39 is 0 Å². The summed E-state index contributed by atoms with van der Waals surface area (Å²) in [4.78, 5) is 2.45. The predicted molar refractivity (Wildman–Crippen MR) is 268 cm³/mol. The number of hydrogen-bond acceptors (Lipinski definition) is 1. The summed E-state index contributed by atoms with van der Waals surface area (Å²) in [6, 6.07) is 80.9. The Balaban J connectivity index is 0.970. The number of hydrogen-bond donors (Lipinski definition) is 0. The molecule has 64 heavy (non-hydrogen) atoms. The molecule has 2 atom stereocenters. The number of fused-ring (bicyclic) bond motifs is 12. The fourth-order valence-electron chi connectivity index (χ4n) is 11.5. The molecule has 1 aromatic heterocycles. The molecule has 0 saturated heterocycles. The van der Waals surface area contributed by atoms with E-state index in [2.05, 4.69) is 247 Å². The third-order valence-electron chi connectivity index (χ3n) is 14.2. The smallest absolute Gasteiger partial charge is 0.0691 e. The van der Waals surface area contributed by atoms with Crippen LogP contribution in [0.15, 0.2) is 236 Å². The van der Waals surface area contributed by atoms with Crippen molar-refractivity contribution in [1.82, 2.24) is 4.57 Å². The Morgan fingerprint density at radius 3 is 1.73 bits per heavy atom. The Morgan fingerprint density at radius 1 is 0.438 bits per heavy atom. The maximum atomic E-state index is 2.52. The number of rotatable bonds is 6. The third kappa shape index (κ3) is 5.33. The van der Waals surface area contributed by atoms with Crippen LogP contribution in [0.1, 0.15) is 35.6 Å². The highest BCUT2D eigenvalue weighted by atomic mass is 15.1. The second kappa shape index (κ2) is 14.3. The van der Waals surface area contributed by atoms with E-state index in [0.29, 0.717) is 5.92 Å². The molecule has 3 aliphatic carbocycles. The van der Waals surface area contributed by atoms with E-state index in [1.165, 1.54) is 94.3 Å². The normalized spacial score (nSPS) is 16.9. The Morgan fingerprint density at radius 2 is 0.984 bits per heavy atom. The van der Waals surface area contributed by atoms with Crippen molar-refractivity contribution < 1.29 is 0 Å². The predicted octanol–water partition coefficient (Wildman–Crippen LogP) is 16.3. The quantitative estimate of drug-likeness (QED) is 0.162. The lowest BCUT2D eigenvalue weighted by Gasteiger charge is -2.37. The molecule has 302 valence electrons. The minimum absolute atomic E-state index is 0.368. The van der Waals surface area contributed by atoms with Crippen LogP contribution in [0.2, 0.25) is 0 Å². The van der Waals surface area contributed by atoms with Gasteiger partial charge in [-0.25, -0.2) is 0 Å². The molecule has 1 heterocycles. The molecule has 13 rings (SSSR count). The van der Waals surface area contributed by atoms with Gasteiger partial charge >= 0.3 is 0 Å². The van der Waals surface area contributed by atoms with Crippen molar-refractivity contribution in [2.75, 3.05) is 4.90 Å². The average Bonchev–Trinajstić information content (AvgIpc) is 3.97. The fraction of sp³-hybridized carbons (Fsp3) is 0.0645. The number of para-hydroxylation sites is 2. The minimum Gasteiger partial charge on any atom is -0.310 e. The van der Waals surface area contributed by atoms with Crippen molar-refractivity contribution in [3.8, 4) is 39.1 Å². The number of nitrogens with zero attached hydrogens (tertiary/aromatic N) is 2. The average molecular weight is 817 g/mol. The molecule has 3 aliphatic rings. The minimum atomic E-state index is -0.368. The molecular formula is C62H44N2. The molecule has 10 aromatic rings. The fourth-order valence-corrected chi connectivity index (χ4v) is 11.5. The van der Waals surface area contributed by atoms with Gasteiger partial charge in [-0.15, -0.1) is 0 Å². The Bertz CT molecular complexity index is 3520. The monoisotopic (exact) mass is 816 g/mol. The zero-order chi connectivity index (χ0) is 42.4. The van der Waals surface area contributed by atoms with E-state index >= 15 is 0 Å². The summed E-state index contributed by atoms with van der Waals surface area (Å²) in [5.74, 6) is 0.401. The third-order valence-corrected chi connectivity index (χ3v) is 14.2. The van der Waals surface area contributed by atoms with Crippen LogP contribution in [0.3, 0.4) is 0 Å². The van der Waals surface area contributed by atoms with Crippen LogP contribution in [0.25, 0.3) is 66.4 Å². The molecule has 1 spiro atoms. The van der Waals surface area contributed by atoms with Crippen molar-refractivity contribution in [2.24, 2.45) is 5.92 Å². The van der Waals surface area contributed by atoms with E-state index in [-0.39, 0.29) is 5.41 Å². The van der Waals surface area contributed by atoms with Crippen LogP contribution in [-0.2, 0) is 5.41 Å². The van der Waals surface area contributed by atoms with Gasteiger partial charge in [0.05, 0.1) is 16.4 Å². The van der Waals surface area contributed by atoms with Crippen molar-refractivity contribution in [2.45, 2.75) is 18.8 Å². The van der Waals surface area contributed by atoms with Crippen molar-refractivity contribution >= 4 is 44.4 Å². The maximum absolute atomic E-state index is 2.52. The van der Waals surface area contributed by atoms with Crippen molar-refractivity contribution in [1.29, 1.82) is 0 Å². The van der Waals surface area contributed by atoms with Gasteiger partial charge in [0.2, 0.25) is 0 Å². The molecule has 2 unspecified atom stereocenters. The number of aromatic nitrogens is 1. The molecule has 0 saturated carbocycles. The van der Waals surface area contributed by atoms with E-state index in [4.69, 9.17) is 0 Å².